The van der Waals surface area contributed by atoms with E-state index in [4.69, 9.17) is 9.22 Å². The molecule has 0 aromatic carbocycles. The quantitative estimate of drug-likeness (QED) is 0.585. The monoisotopic (exact) mass is 220 g/mol. The summed E-state index contributed by atoms with van der Waals surface area (Å²) in [6, 6.07) is 0. The zero-order valence-electron chi connectivity index (χ0n) is 9.13. The fourth-order valence-corrected chi connectivity index (χ4v) is 6.36. The van der Waals surface area contributed by atoms with Crippen LogP contribution in [-0.2, 0) is 8.91 Å². The van der Waals surface area contributed by atoms with Gasteiger partial charge >= 0.3 is 5.97 Å². The fourth-order valence-electron chi connectivity index (χ4n) is 0.707. The van der Waals surface area contributed by atoms with E-state index in [-0.39, 0.29) is 0 Å². The van der Waals surface area contributed by atoms with Crippen LogP contribution in [0.5, 0.6) is 0 Å². The predicted octanol–water partition coefficient (Wildman–Crippen LogP) is 2.08. The molecular weight excluding hydrogens is 200 g/mol. The van der Waals surface area contributed by atoms with Crippen LogP contribution in [0.25, 0.3) is 0 Å². The normalized spacial score (nSPS) is 10.3. The van der Waals surface area contributed by atoms with Gasteiger partial charge in [-0.15, -0.1) is 0 Å². The minimum absolute atomic E-state index is 0.734. The zero-order valence-corrected chi connectivity index (χ0v) is 11.3. The molecule has 0 aliphatic rings. The maximum absolute atomic E-state index is 9.25. The van der Waals surface area contributed by atoms with Gasteiger partial charge in [0.25, 0.3) is 0 Å². The van der Waals surface area contributed by atoms with Crippen LogP contribution in [0.4, 0.5) is 0 Å². The maximum atomic E-state index is 9.25. The van der Waals surface area contributed by atoms with E-state index in [1.165, 1.54) is 0 Å². The third-order valence-electron chi connectivity index (χ3n) is 0.764. The van der Waals surface area contributed by atoms with Crippen LogP contribution in [0.3, 0.4) is 0 Å². The van der Waals surface area contributed by atoms with E-state index in [0.29, 0.717) is 0 Å². The Morgan fingerprint density at radius 1 is 1.46 bits per heavy atom. The van der Waals surface area contributed by atoms with Crippen molar-refractivity contribution in [2.24, 2.45) is 0 Å². The molecular formula is C8H20O3Si2. The Morgan fingerprint density at radius 3 is 1.77 bits per heavy atom. The average Bonchev–Trinajstić information content (AvgIpc) is 1.83. The van der Waals surface area contributed by atoms with Crippen LogP contribution in [-0.4, -0.2) is 28.4 Å². The first kappa shape index (κ1) is 15.1. The highest BCUT2D eigenvalue weighted by Crippen LogP contribution is 2.03. The lowest BCUT2D eigenvalue weighted by Crippen LogP contribution is -2.31. The topological polar surface area (TPSA) is 46.5 Å². The molecule has 0 saturated heterocycles. The maximum Gasteiger partial charge on any atom is 0.327 e. The number of aliphatic carboxylic acids is 1. The van der Waals surface area contributed by atoms with E-state index in [2.05, 4.69) is 39.3 Å². The summed E-state index contributed by atoms with van der Waals surface area (Å²) in [7, 11) is -1.89. The second kappa shape index (κ2) is 7.05. The molecule has 0 aromatic heterocycles. The lowest BCUT2D eigenvalue weighted by molar-refractivity contribution is -0.131. The van der Waals surface area contributed by atoms with E-state index >= 15 is 0 Å². The molecule has 78 valence electrons. The molecule has 0 heterocycles. The number of carboxylic acid groups (broad SMARTS) is 1. The van der Waals surface area contributed by atoms with Crippen LogP contribution >= 0.6 is 0 Å². The Hall–Kier alpha value is -0.396. The lowest BCUT2D eigenvalue weighted by Gasteiger charge is -2.19. The van der Waals surface area contributed by atoms with Crippen molar-refractivity contribution in [1.29, 1.82) is 0 Å². The summed E-state index contributed by atoms with van der Waals surface area (Å²) >= 11 is 0. The highest BCUT2D eigenvalue weighted by molar-refractivity contribution is 6.76. The number of carboxylic acids is 1. The van der Waals surface area contributed by atoms with E-state index in [1.807, 2.05) is 0 Å². The van der Waals surface area contributed by atoms with Gasteiger partial charge in [-0.25, -0.2) is 4.79 Å². The van der Waals surface area contributed by atoms with Crippen molar-refractivity contribution in [3.8, 4) is 0 Å². The summed E-state index contributed by atoms with van der Waals surface area (Å²) in [6.07, 6.45) is 0.833. The van der Waals surface area contributed by atoms with Gasteiger partial charge in [-0.2, -0.15) is 0 Å². The molecule has 1 N–H and O–H groups in total. The highest BCUT2D eigenvalue weighted by atomic mass is 28.4. The smallest absolute Gasteiger partial charge is 0.327 e. The van der Waals surface area contributed by atoms with Crippen molar-refractivity contribution >= 4 is 23.3 Å². The van der Waals surface area contributed by atoms with Gasteiger partial charge in [-0.1, -0.05) is 6.58 Å². The molecule has 0 rings (SSSR count). The largest absolute Gasteiger partial charge is 0.478 e. The van der Waals surface area contributed by atoms with Gasteiger partial charge in [0, 0.05) is 6.08 Å². The first-order valence-electron chi connectivity index (χ1n) is 4.22. The second-order valence-electron chi connectivity index (χ2n) is 3.82. The molecule has 0 spiro atoms. The van der Waals surface area contributed by atoms with Crippen LogP contribution in [0, 0.1) is 0 Å². The first-order chi connectivity index (χ1) is 5.69. The van der Waals surface area contributed by atoms with Gasteiger partial charge in [0.1, 0.15) is 0 Å². The van der Waals surface area contributed by atoms with E-state index in [9.17, 15) is 4.79 Å². The lowest BCUT2D eigenvalue weighted by atomic mass is 10.7. The summed E-state index contributed by atoms with van der Waals surface area (Å²) in [5, 5.41) is 7.60. The molecule has 5 heteroatoms. The minimum Gasteiger partial charge on any atom is -0.478 e. The summed E-state index contributed by atoms with van der Waals surface area (Å²) in [5.41, 5.74) is 0. The second-order valence-corrected chi connectivity index (χ2v) is 11.1. The van der Waals surface area contributed by atoms with E-state index < -0.39 is 23.3 Å². The van der Waals surface area contributed by atoms with Crippen LogP contribution < -0.4 is 0 Å². The number of rotatable bonds is 3. The molecule has 3 nitrogen and oxygen atoms in total. The summed E-state index contributed by atoms with van der Waals surface area (Å²) in [4.78, 5) is 9.25. The van der Waals surface area contributed by atoms with Gasteiger partial charge < -0.3 is 9.22 Å². The Balaban J connectivity index is 0. The van der Waals surface area contributed by atoms with Gasteiger partial charge in [0.2, 0.25) is 0 Å². The van der Waals surface area contributed by atoms with Crippen LogP contribution in [0.2, 0.25) is 32.7 Å². The average molecular weight is 220 g/mol. The molecule has 0 amide bonds. The van der Waals surface area contributed by atoms with Crippen molar-refractivity contribution in [3.05, 3.63) is 12.7 Å². The summed E-state index contributed by atoms with van der Waals surface area (Å²) in [6.45, 7) is 14.1. The van der Waals surface area contributed by atoms with Crippen molar-refractivity contribution in [1.82, 2.24) is 0 Å². The molecule has 0 aliphatic carbocycles. The van der Waals surface area contributed by atoms with Gasteiger partial charge in [-0.05, 0) is 32.7 Å². The molecule has 13 heavy (non-hydrogen) atoms. The third kappa shape index (κ3) is 24.5. The van der Waals surface area contributed by atoms with Crippen molar-refractivity contribution in [3.63, 3.8) is 0 Å². The molecule has 0 aromatic rings. The standard InChI is InChI=1S/C5H16OSi2.C3H4O2/c1-7(2)6-8(3,4)5;1-2-3(4)5/h7H,1-5H3;2H,1H2,(H,4,5). The molecule has 0 saturated carbocycles. The fraction of sp³-hybridized carbons (Fsp3) is 0.625. The van der Waals surface area contributed by atoms with Crippen LogP contribution in [0.15, 0.2) is 12.7 Å². The Bertz CT molecular complexity index is 161. The predicted molar refractivity (Wildman–Crippen MR) is 61.1 cm³/mol. The minimum atomic E-state index is -1.16. The molecule has 0 bridgehead atoms. The highest BCUT2D eigenvalue weighted by Gasteiger charge is 2.14. The zero-order chi connectivity index (χ0) is 11.1. The Morgan fingerprint density at radius 2 is 1.77 bits per heavy atom. The Kier molecular flexibility index (Phi) is 8.19. The van der Waals surface area contributed by atoms with Crippen LogP contribution in [0.1, 0.15) is 0 Å². The van der Waals surface area contributed by atoms with Gasteiger partial charge in [-0.3, -0.25) is 0 Å². The van der Waals surface area contributed by atoms with E-state index in [0.717, 1.165) is 6.08 Å². The SMILES string of the molecule is C=CC(=O)O.C[SiH](C)O[Si](C)(C)C. The number of hydrogen-bond acceptors (Lipinski definition) is 2. The number of carbonyl (C=O) groups is 1. The van der Waals surface area contributed by atoms with Gasteiger partial charge in [0.05, 0.1) is 0 Å². The van der Waals surface area contributed by atoms with Crippen molar-refractivity contribution in [2.45, 2.75) is 32.7 Å². The summed E-state index contributed by atoms with van der Waals surface area (Å²) < 4.78 is 5.72. The van der Waals surface area contributed by atoms with Gasteiger partial charge in [0.15, 0.2) is 17.4 Å². The molecule has 0 radical (unpaired) electrons. The molecule has 0 fully saturated rings. The van der Waals surface area contributed by atoms with Crippen molar-refractivity contribution in [2.75, 3.05) is 0 Å². The van der Waals surface area contributed by atoms with Crippen molar-refractivity contribution < 1.29 is 14.0 Å². The first-order valence-corrected chi connectivity index (χ1v) is 10.4. The molecule has 0 aliphatic heterocycles. The molecule has 0 unspecified atom stereocenters. The molecule has 0 atom stereocenters. The summed E-state index contributed by atoms with van der Waals surface area (Å²) in [5.74, 6) is -0.981. The number of hydrogen-bond donors (Lipinski definition) is 1. The Labute approximate surface area is 83.3 Å². The van der Waals surface area contributed by atoms with E-state index in [1.54, 1.807) is 0 Å². The third-order valence-corrected chi connectivity index (χ3v) is 5.48.